The summed E-state index contributed by atoms with van der Waals surface area (Å²) in [5, 5.41) is 8.90. The third-order valence-electron chi connectivity index (χ3n) is 3.81. The molecule has 0 aliphatic heterocycles. The Kier molecular flexibility index (Phi) is 9.59. The molecule has 0 atom stereocenters. The molecule has 0 saturated heterocycles. The summed E-state index contributed by atoms with van der Waals surface area (Å²) >= 11 is 0. The molecule has 0 saturated carbocycles. The van der Waals surface area contributed by atoms with Crippen molar-refractivity contribution in [2.75, 3.05) is 21.5 Å². The molecule has 6 nitrogen and oxygen atoms in total. The lowest BCUT2D eigenvalue weighted by molar-refractivity contribution is 0.145. The average Bonchev–Trinajstić information content (AvgIpc) is 3.22. The molecule has 0 fully saturated rings. The summed E-state index contributed by atoms with van der Waals surface area (Å²) in [6.45, 7) is 0. The third-order valence-corrected chi connectivity index (χ3v) is 4.74. The Morgan fingerprint density at radius 3 is 2.03 bits per heavy atom. The second-order valence-electron chi connectivity index (χ2n) is 5.56. The molecular weight excluding hydrogens is 445 g/mol. The maximum absolute atomic E-state index is 14.0. The number of ether oxygens (including phenoxy) is 1. The molecule has 0 spiro atoms. The van der Waals surface area contributed by atoms with Gasteiger partial charge in [-0.2, -0.15) is 5.10 Å². The van der Waals surface area contributed by atoms with Crippen LogP contribution in [-0.2, 0) is 10.0 Å². The van der Waals surface area contributed by atoms with Crippen LogP contribution >= 0.6 is 0 Å². The Labute approximate surface area is 176 Å². The van der Waals surface area contributed by atoms with Gasteiger partial charge in [0.05, 0.1) is 37.7 Å². The van der Waals surface area contributed by atoms with Crippen LogP contribution < -0.4 is 9.88 Å². The fourth-order valence-corrected chi connectivity index (χ4v) is 3.03. The number of methoxy groups -OCH3 is 1. The number of hydrogen-bond acceptors (Lipinski definition) is 4. The van der Waals surface area contributed by atoms with Crippen molar-refractivity contribution < 1.29 is 35.1 Å². The van der Waals surface area contributed by atoms with Gasteiger partial charge in [0, 0.05) is 5.56 Å². The van der Waals surface area contributed by atoms with E-state index in [1.807, 2.05) is 0 Å². The minimum absolute atomic E-state index is 0.0106. The number of sulfonamides is 1. The van der Waals surface area contributed by atoms with Gasteiger partial charge in [0.25, 0.3) is 6.43 Å². The van der Waals surface area contributed by atoms with E-state index in [-0.39, 0.29) is 16.3 Å². The zero-order valence-corrected chi connectivity index (χ0v) is 17.5. The Bertz CT molecular complexity index is 1090. The van der Waals surface area contributed by atoms with Gasteiger partial charge in [0.2, 0.25) is 10.0 Å². The standard InChI is InChI=1S/C17H14F3N3O3S.2CH3F/c1-26-16-7-2-10(8-13(16)18)15-9-14(17(19)20)22-23(15)11-3-5-12(6-4-11)27(21,24)25;2*1-2/h2-9,17H,1H3,(H2,21,24,25);2*1H3. The molecule has 12 heteroatoms. The van der Waals surface area contributed by atoms with Crippen molar-refractivity contribution in [3.63, 3.8) is 0 Å². The number of rotatable bonds is 5. The number of aromatic nitrogens is 2. The normalized spacial score (nSPS) is 10.6. The fourth-order valence-electron chi connectivity index (χ4n) is 2.51. The summed E-state index contributed by atoms with van der Waals surface area (Å²) < 4.78 is 88.1. The van der Waals surface area contributed by atoms with Crippen molar-refractivity contribution in [2.45, 2.75) is 11.3 Å². The number of alkyl halides is 4. The lowest BCUT2D eigenvalue weighted by atomic mass is 10.1. The molecule has 1 heterocycles. The summed E-state index contributed by atoms with van der Waals surface area (Å²) in [4.78, 5) is -0.135. The molecule has 0 unspecified atom stereocenters. The highest BCUT2D eigenvalue weighted by Crippen LogP contribution is 2.31. The quantitative estimate of drug-likeness (QED) is 0.565. The van der Waals surface area contributed by atoms with Gasteiger partial charge < -0.3 is 4.74 Å². The van der Waals surface area contributed by atoms with E-state index in [2.05, 4.69) is 5.10 Å². The Balaban J connectivity index is 0.00000113. The van der Waals surface area contributed by atoms with E-state index in [1.165, 1.54) is 48.2 Å². The van der Waals surface area contributed by atoms with Crippen LogP contribution in [-0.4, -0.2) is 39.7 Å². The second kappa shape index (κ2) is 11.4. The first-order valence-corrected chi connectivity index (χ1v) is 9.86. The molecule has 2 aromatic carbocycles. The van der Waals surface area contributed by atoms with Crippen molar-refractivity contribution in [2.24, 2.45) is 5.14 Å². The monoisotopic (exact) mass is 465 g/mol. The number of hydrogen-bond donors (Lipinski definition) is 1. The summed E-state index contributed by atoms with van der Waals surface area (Å²) in [7, 11) is -1.59. The van der Waals surface area contributed by atoms with Crippen LogP contribution in [0.1, 0.15) is 12.1 Å². The maximum Gasteiger partial charge on any atom is 0.282 e. The fraction of sp³-hybridized carbons (Fsp3) is 0.211. The molecule has 0 amide bonds. The molecule has 0 radical (unpaired) electrons. The molecule has 0 bridgehead atoms. The van der Waals surface area contributed by atoms with Crippen LogP contribution in [0.25, 0.3) is 16.9 Å². The highest BCUT2D eigenvalue weighted by molar-refractivity contribution is 7.89. The molecule has 3 aromatic rings. The van der Waals surface area contributed by atoms with Crippen molar-refractivity contribution >= 4 is 10.0 Å². The number of halogens is 5. The van der Waals surface area contributed by atoms with E-state index in [4.69, 9.17) is 9.88 Å². The Morgan fingerprint density at radius 2 is 1.58 bits per heavy atom. The van der Waals surface area contributed by atoms with Crippen LogP contribution in [0.2, 0.25) is 0 Å². The van der Waals surface area contributed by atoms with Crippen molar-refractivity contribution in [3.8, 4) is 22.7 Å². The molecule has 2 N–H and O–H groups in total. The summed E-state index contributed by atoms with van der Waals surface area (Å²) in [6.07, 6.45) is -2.84. The summed E-state index contributed by atoms with van der Waals surface area (Å²) in [5.41, 5.74) is 0.302. The topological polar surface area (TPSA) is 87.2 Å². The zero-order chi connectivity index (χ0) is 23.8. The zero-order valence-electron chi connectivity index (χ0n) is 16.7. The number of benzene rings is 2. The minimum atomic E-state index is -3.90. The summed E-state index contributed by atoms with van der Waals surface area (Å²) in [6, 6.07) is 10.3. The summed E-state index contributed by atoms with van der Waals surface area (Å²) in [5.74, 6) is -0.651. The first kappa shape index (κ1) is 26.0. The second-order valence-corrected chi connectivity index (χ2v) is 7.12. The van der Waals surface area contributed by atoms with E-state index < -0.39 is 28.0 Å². The number of primary sulfonamides is 1. The molecule has 0 aliphatic rings. The molecule has 1 aromatic heterocycles. The first-order valence-electron chi connectivity index (χ1n) is 8.31. The first-order chi connectivity index (χ1) is 14.7. The predicted octanol–water partition coefficient (Wildman–Crippen LogP) is 4.44. The third kappa shape index (κ3) is 6.25. The highest BCUT2D eigenvalue weighted by atomic mass is 32.2. The smallest absolute Gasteiger partial charge is 0.282 e. The van der Waals surface area contributed by atoms with Crippen molar-refractivity contribution in [1.82, 2.24) is 9.78 Å². The highest BCUT2D eigenvalue weighted by Gasteiger charge is 2.19. The number of nitrogens with zero attached hydrogens (tertiary/aromatic N) is 2. The van der Waals surface area contributed by atoms with E-state index >= 15 is 0 Å². The minimum Gasteiger partial charge on any atom is -0.494 e. The van der Waals surface area contributed by atoms with Gasteiger partial charge in [-0.15, -0.1) is 0 Å². The van der Waals surface area contributed by atoms with Crippen molar-refractivity contribution in [3.05, 3.63) is 60.0 Å². The largest absolute Gasteiger partial charge is 0.494 e. The Morgan fingerprint density at radius 1 is 1.00 bits per heavy atom. The van der Waals surface area contributed by atoms with Crippen LogP contribution in [0.15, 0.2) is 53.4 Å². The molecule has 31 heavy (non-hydrogen) atoms. The number of nitrogens with two attached hydrogens (primary N) is 1. The van der Waals surface area contributed by atoms with Crippen LogP contribution in [0.3, 0.4) is 0 Å². The predicted molar refractivity (Wildman–Crippen MR) is 106 cm³/mol. The average molecular weight is 465 g/mol. The lowest BCUT2D eigenvalue weighted by Crippen LogP contribution is -2.12. The van der Waals surface area contributed by atoms with E-state index in [9.17, 15) is 30.4 Å². The van der Waals surface area contributed by atoms with Crippen LogP contribution in [0.4, 0.5) is 22.0 Å². The van der Waals surface area contributed by atoms with Gasteiger partial charge in [0.15, 0.2) is 11.6 Å². The van der Waals surface area contributed by atoms with Gasteiger partial charge >= 0.3 is 0 Å². The Hall–Kier alpha value is -2.99. The van der Waals surface area contributed by atoms with Gasteiger partial charge in [0.1, 0.15) is 5.69 Å². The van der Waals surface area contributed by atoms with Gasteiger partial charge in [-0.3, -0.25) is 8.78 Å². The maximum atomic E-state index is 14.0. The van der Waals surface area contributed by atoms with E-state index in [0.717, 1.165) is 12.1 Å². The SMILES string of the molecule is CF.CF.COc1ccc(-c2cc(C(F)F)nn2-c2ccc(S(N)(=O)=O)cc2)cc1F. The molecule has 0 aliphatic carbocycles. The lowest BCUT2D eigenvalue weighted by Gasteiger charge is -2.09. The van der Waals surface area contributed by atoms with E-state index in [1.54, 1.807) is 0 Å². The van der Waals surface area contributed by atoms with Crippen molar-refractivity contribution in [1.29, 1.82) is 0 Å². The van der Waals surface area contributed by atoms with Crippen LogP contribution in [0, 0.1) is 5.82 Å². The van der Waals surface area contributed by atoms with Gasteiger partial charge in [-0.05, 0) is 48.5 Å². The van der Waals surface area contributed by atoms with Gasteiger partial charge in [-0.25, -0.2) is 31.4 Å². The molecular formula is C19H20F5N3O3S. The van der Waals surface area contributed by atoms with Crippen LogP contribution in [0.5, 0.6) is 5.75 Å². The van der Waals surface area contributed by atoms with Gasteiger partial charge in [-0.1, -0.05) is 0 Å². The molecule has 3 rings (SSSR count). The van der Waals surface area contributed by atoms with E-state index in [0.29, 0.717) is 25.6 Å². The molecule has 170 valence electrons.